The van der Waals surface area contributed by atoms with E-state index >= 15 is 0 Å². The molecule has 0 atom stereocenters. The number of carbonyl (C=O) groups is 1. The summed E-state index contributed by atoms with van der Waals surface area (Å²) < 4.78 is 16.5. The van der Waals surface area contributed by atoms with Crippen LogP contribution >= 0.6 is 0 Å². The molecule has 1 aromatic heterocycles. The fourth-order valence-electron chi connectivity index (χ4n) is 1.98. The summed E-state index contributed by atoms with van der Waals surface area (Å²) >= 11 is 0. The van der Waals surface area contributed by atoms with E-state index in [0.717, 1.165) is 0 Å². The average Bonchev–Trinajstić information content (AvgIpc) is 2.64. The van der Waals surface area contributed by atoms with E-state index in [2.05, 4.69) is 4.98 Å². The highest BCUT2D eigenvalue weighted by molar-refractivity contribution is 6.52. The molecule has 0 spiro atoms. The summed E-state index contributed by atoms with van der Waals surface area (Å²) in [4.78, 5) is 15.6. The van der Waals surface area contributed by atoms with Gasteiger partial charge in [0.2, 0.25) is 0 Å². The van der Waals surface area contributed by atoms with Crippen LogP contribution in [-0.2, 0) is 14.0 Å². The van der Waals surface area contributed by atoms with Crippen molar-refractivity contribution in [3.05, 3.63) is 35.6 Å². The van der Waals surface area contributed by atoms with Gasteiger partial charge in [-0.05, 0) is 39.3 Å². The van der Waals surface area contributed by atoms with Gasteiger partial charge in [-0.2, -0.15) is 0 Å². The summed E-state index contributed by atoms with van der Waals surface area (Å²) in [5.74, 6) is 1.37. The van der Waals surface area contributed by atoms with Crippen LogP contribution in [0.15, 0.2) is 24.4 Å². The highest BCUT2D eigenvalue weighted by atomic mass is 16.7. The fourth-order valence-corrected chi connectivity index (χ4v) is 1.98. The minimum atomic E-state index is -0.450. The molecule has 0 radical (unpaired) electrons. The lowest BCUT2D eigenvalue weighted by Gasteiger charge is -2.32. The molecule has 1 aromatic rings. The predicted molar refractivity (Wildman–Crippen MR) is 80.7 cm³/mol. The van der Waals surface area contributed by atoms with Gasteiger partial charge >= 0.3 is 13.1 Å². The van der Waals surface area contributed by atoms with Crippen LogP contribution in [-0.4, -0.2) is 36.4 Å². The van der Waals surface area contributed by atoms with Crippen molar-refractivity contribution >= 4 is 19.2 Å². The van der Waals surface area contributed by atoms with Crippen LogP contribution in [0.5, 0.6) is 0 Å². The summed E-state index contributed by atoms with van der Waals surface area (Å²) in [5.41, 5.74) is 0.357. The molecule has 112 valence electrons. The van der Waals surface area contributed by atoms with E-state index < -0.39 is 13.1 Å². The molecule has 0 aliphatic carbocycles. The number of ether oxygens (including phenoxy) is 1. The summed E-state index contributed by atoms with van der Waals surface area (Å²) in [6.07, 6.45) is 4.89. The van der Waals surface area contributed by atoms with Gasteiger partial charge < -0.3 is 14.0 Å². The molecule has 5 nitrogen and oxygen atoms in total. The third-order valence-electron chi connectivity index (χ3n) is 3.96. The minimum absolute atomic E-state index is 0.384. The summed E-state index contributed by atoms with van der Waals surface area (Å²) in [7, 11) is 0.894. The molecule has 0 aromatic carbocycles. The minimum Gasteiger partial charge on any atom is -0.465 e. The zero-order valence-corrected chi connectivity index (χ0v) is 13.0. The Morgan fingerprint density at radius 3 is 2.48 bits per heavy atom. The molecule has 0 bridgehead atoms. The van der Waals surface area contributed by atoms with E-state index in [9.17, 15) is 4.79 Å². The Bertz CT molecular complexity index is 553. The van der Waals surface area contributed by atoms with Crippen LogP contribution in [0.2, 0.25) is 0 Å². The molecule has 1 fully saturated rings. The maximum Gasteiger partial charge on any atom is 0.487 e. The molecule has 0 amide bonds. The normalized spacial score (nSPS) is 20.0. The maximum absolute atomic E-state index is 11.7. The number of carbonyl (C=O) groups excluding carboxylic acids is 1. The molecule has 1 aliphatic rings. The Labute approximate surface area is 125 Å². The van der Waals surface area contributed by atoms with Crippen LogP contribution in [0.25, 0.3) is 6.08 Å². The Balaban J connectivity index is 2.19. The largest absolute Gasteiger partial charge is 0.487 e. The molecule has 0 saturated carbocycles. The first-order chi connectivity index (χ1) is 9.77. The molecule has 1 aliphatic heterocycles. The second-order valence-electron chi connectivity index (χ2n) is 5.94. The number of methoxy groups -OCH3 is 1. The van der Waals surface area contributed by atoms with E-state index in [1.54, 1.807) is 24.3 Å². The summed E-state index contributed by atoms with van der Waals surface area (Å²) in [6.45, 7) is 7.97. The molecule has 0 N–H and O–H groups in total. The van der Waals surface area contributed by atoms with Crippen LogP contribution in [0.3, 0.4) is 0 Å². The number of pyridine rings is 1. The number of hydrogen-bond acceptors (Lipinski definition) is 5. The molecule has 0 unspecified atom stereocenters. The standard InChI is InChI=1S/C15H20BNO4/c1-14(2)15(3,4)21-16(20-14)8-6-11-7-9-17-10-12(11)13(18)19-5/h6-10H,1-5H3/b8-6+. The molecule has 6 heteroatoms. The van der Waals surface area contributed by atoms with Crippen LogP contribution in [0, 0.1) is 0 Å². The van der Waals surface area contributed by atoms with E-state index in [4.69, 9.17) is 14.0 Å². The Kier molecular flexibility index (Phi) is 4.21. The lowest BCUT2D eigenvalue weighted by molar-refractivity contribution is 0.00578. The highest BCUT2D eigenvalue weighted by Crippen LogP contribution is 2.37. The summed E-state index contributed by atoms with van der Waals surface area (Å²) in [6, 6.07) is 1.74. The van der Waals surface area contributed by atoms with Crippen molar-refractivity contribution in [2.45, 2.75) is 38.9 Å². The second-order valence-corrected chi connectivity index (χ2v) is 5.94. The van der Waals surface area contributed by atoms with Crippen molar-refractivity contribution in [3.63, 3.8) is 0 Å². The van der Waals surface area contributed by atoms with Gasteiger partial charge in [-0.3, -0.25) is 4.98 Å². The van der Waals surface area contributed by atoms with Crippen molar-refractivity contribution in [3.8, 4) is 0 Å². The summed E-state index contributed by atoms with van der Waals surface area (Å²) in [5, 5.41) is 0. The Morgan fingerprint density at radius 2 is 1.90 bits per heavy atom. The molecular weight excluding hydrogens is 269 g/mol. The van der Waals surface area contributed by atoms with Gasteiger partial charge in [0.05, 0.1) is 23.9 Å². The fraction of sp³-hybridized carbons (Fsp3) is 0.467. The lowest BCUT2D eigenvalue weighted by Crippen LogP contribution is -2.41. The monoisotopic (exact) mass is 289 g/mol. The number of hydrogen-bond donors (Lipinski definition) is 0. The van der Waals surface area contributed by atoms with Crippen LogP contribution < -0.4 is 0 Å². The quantitative estimate of drug-likeness (QED) is 0.632. The molecular formula is C15H20BNO4. The van der Waals surface area contributed by atoms with E-state index in [1.165, 1.54) is 13.3 Å². The number of aromatic nitrogens is 1. The van der Waals surface area contributed by atoms with Crippen LogP contribution in [0.1, 0.15) is 43.6 Å². The zero-order chi connectivity index (χ0) is 15.7. The van der Waals surface area contributed by atoms with E-state index in [-0.39, 0.29) is 11.2 Å². The molecule has 2 heterocycles. The van der Waals surface area contributed by atoms with Crippen molar-refractivity contribution in [2.24, 2.45) is 0 Å². The SMILES string of the molecule is COC(=O)c1cnccc1/C=C/B1OC(C)(C)C(C)(C)O1. The topological polar surface area (TPSA) is 57.7 Å². The number of esters is 1. The molecule has 2 rings (SSSR count). The van der Waals surface area contributed by atoms with Gasteiger partial charge in [-0.1, -0.05) is 12.1 Å². The first kappa shape index (κ1) is 15.7. The zero-order valence-electron chi connectivity index (χ0n) is 13.0. The highest BCUT2D eigenvalue weighted by Gasteiger charge is 2.50. The lowest BCUT2D eigenvalue weighted by atomic mass is 9.88. The average molecular weight is 289 g/mol. The third-order valence-corrected chi connectivity index (χ3v) is 3.96. The number of rotatable bonds is 3. The van der Waals surface area contributed by atoms with E-state index in [0.29, 0.717) is 11.1 Å². The molecule has 1 saturated heterocycles. The van der Waals surface area contributed by atoms with E-state index in [1.807, 2.05) is 27.7 Å². The maximum atomic E-state index is 11.7. The Hall–Kier alpha value is -1.66. The van der Waals surface area contributed by atoms with Gasteiger partial charge in [0.15, 0.2) is 0 Å². The smallest absolute Gasteiger partial charge is 0.465 e. The first-order valence-electron chi connectivity index (χ1n) is 6.83. The predicted octanol–water partition coefficient (Wildman–Crippen LogP) is 2.51. The van der Waals surface area contributed by atoms with Gasteiger partial charge in [0.25, 0.3) is 0 Å². The van der Waals surface area contributed by atoms with Crippen molar-refractivity contribution in [2.75, 3.05) is 7.11 Å². The van der Waals surface area contributed by atoms with Crippen LogP contribution in [0.4, 0.5) is 0 Å². The van der Waals surface area contributed by atoms with Crippen molar-refractivity contribution in [1.82, 2.24) is 4.98 Å². The van der Waals surface area contributed by atoms with Gasteiger partial charge in [0, 0.05) is 12.4 Å². The third kappa shape index (κ3) is 3.17. The molecule has 21 heavy (non-hydrogen) atoms. The van der Waals surface area contributed by atoms with Crippen molar-refractivity contribution in [1.29, 1.82) is 0 Å². The Morgan fingerprint density at radius 1 is 1.29 bits per heavy atom. The first-order valence-corrected chi connectivity index (χ1v) is 6.83. The second kappa shape index (κ2) is 5.62. The van der Waals surface area contributed by atoms with Gasteiger partial charge in [-0.15, -0.1) is 0 Å². The van der Waals surface area contributed by atoms with Gasteiger partial charge in [0.1, 0.15) is 0 Å². The number of nitrogens with zero attached hydrogens (tertiary/aromatic N) is 1. The van der Waals surface area contributed by atoms with Crippen molar-refractivity contribution < 1.29 is 18.8 Å². The van der Waals surface area contributed by atoms with Gasteiger partial charge in [-0.25, -0.2) is 4.79 Å².